The Morgan fingerprint density at radius 1 is 1.00 bits per heavy atom. The van der Waals surface area contributed by atoms with Crippen LogP contribution in [-0.2, 0) is 17.9 Å². The fraction of sp³-hybridized carbons (Fsp3) is 0.276. The van der Waals surface area contributed by atoms with Gasteiger partial charge in [0.2, 0.25) is 0 Å². The molecule has 0 atom stereocenters. The Bertz CT molecular complexity index is 1490. The van der Waals surface area contributed by atoms with Crippen molar-refractivity contribution in [1.82, 2.24) is 9.55 Å². The van der Waals surface area contributed by atoms with Crippen LogP contribution in [-0.4, -0.2) is 48.6 Å². The first kappa shape index (κ1) is 26.7. The topological polar surface area (TPSA) is 109 Å². The molecule has 0 saturated carbocycles. The van der Waals surface area contributed by atoms with Crippen LogP contribution in [0.3, 0.4) is 0 Å². The van der Waals surface area contributed by atoms with E-state index >= 15 is 0 Å². The zero-order valence-corrected chi connectivity index (χ0v) is 21.8. The maximum absolute atomic E-state index is 13.7. The van der Waals surface area contributed by atoms with E-state index in [-0.39, 0.29) is 31.9 Å². The minimum absolute atomic E-state index is 0.0774. The standard InChI is InChI=1S/C29H30N2O7/c1-18-24(35-2)14-19(15-25(18)36-3)26-22-10-9-21(38-17-20-8-5-6-11-30-20)16-23(22)28(33)31(12-7-13-32)27(26)29(34)37-4/h5-6,8-11,14-16,32H,7,12-13,17H2,1-4H3. The molecule has 0 unspecified atom stereocenters. The zero-order valence-electron chi connectivity index (χ0n) is 21.8. The molecule has 9 nitrogen and oxygen atoms in total. The first-order valence-corrected chi connectivity index (χ1v) is 12.1. The van der Waals surface area contributed by atoms with Crippen LogP contribution < -0.4 is 19.8 Å². The molecular formula is C29H30N2O7. The average molecular weight is 519 g/mol. The number of fused-ring (bicyclic) bond motifs is 1. The van der Waals surface area contributed by atoms with E-state index in [1.54, 1.807) is 50.7 Å². The number of hydrogen-bond donors (Lipinski definition) is 1. The van der Waals surface area contributed by atoms with Gasteiger partial charge in [0.25, 0.3) is 5.56 Å². The number of aromatic nitrogens is 2. The van der Waals surface area contributed by atoms with Gasteiger partial charge in [0, 0.05) is 30.5 Å². The summed E-state index contributed by atoms with van der Waals surface area (Å²) in [6.07, 6.45) is 1.95. The lowest BCUT2D eigenvalue weighted by Crippen LogP contribution is -2.28. The summed E-state index contributed by atoms with van der Waals surface area (Å²) < 4.78 is 23.5. The quantitative estimate of drug-likeness (QED) is 0.312. The number of carbonyl (C=O) groups is 1. The largest absolute Gasteiger partial charge is 0.496 e. The summed E-state index contributed by atoms with van der Waals surface area (Å²) >= 11 is 0. The Hall–Kier alpha value is -4.37. The van der Waals surface area contributed by atoms with Crippen LogP contribution in [0.1, 0.15) is 28.2 Å². The van der Waals surface area contributed by atoms with Crippen molar-refractivity contribution in [2.45, 2.75) is 26.5 Å². The van der Waals surface area contributed by atoms with Crippen molar-refractivity contribution in [3.8, 4) is 28.4 Å². The average Bonchev–Trinajstić information content (AvgIpc) is 2.95. The van der Waals surface area contributed by atoms with Crippen molar-refractivity contribution in [3.63, 3.8) is 0 Å². The van der Waals surface area contributed by atoms with Gasteiger partial charge in [-0.2, -0.15) is 0 Å². The van der Waals surface area contributed by atoms with Gasteiger partial charge >= 0.3 is 5.97 Å². The van der Waals surface area contributed by atoms with E-state index < -0.39 is 11.5 Å². The second-order valence-corrected chi connectivity index (χ2v) is 8.57. The molecule has 0 bridgehead atoms. The lowest BCUT2D eigenvalue weighted by atomic mass is 9.94. The van der Waals surface area contributed by atoms with Crippen molar-refractivity contribution in [2.75, 3.05) is 27.9 Å². The number of rotatable bonds is 10. The molecule has 2 aromatic carbocycles. The monoisotopic (exact) mass is 518 g/mol. The Morgan fingerprint density at radius 2 is 1.74 bits per heavy atom. The second-order valence-electron chi connectivity index (χ2n) is 8.57. The number of pyridine rings is 2. The normalized spacial score (nSPS) is 10.9. The third-order valence-electron chi connectivity index (χ3n) is 6.31. The first-order valence-electron chi connectivity index (χ1n) is 12.1. The van der Waals surface area contributed by atoms with E-state index in [9.17, 15) is 14.7 Å². The number of nitrogens with zero attached hydrogens (tertiary/aromatic N) is 2. The van der Waals surface area contributed by atoms with Gasteiger partial charge in [-0.05, 0) is 66.8 Å². The van der Waals surface area contributed by atoms with Crippen molar-refractivity contribution < 1.29 is 28.8 Å². The fourth-order valence-corrected chi connectivity index (χ4v) is 4.43. The van der Waals surface area contributed by atoms with E-state index in [0.29, 0.717) is 39.1 Å². The molecule has 0 saturated heterocycles. The summed E-state index contributed by atoms with van der Waals surface area (Å²) in [6.45, 7) is 2.06. The van der Waals surface area contributed by atoms with Crippen LogP contribution in [0.2, 0.25) is 0 Å². The summed E-state index contributed by atoms with van der Waals surface area (Å²) in [6, 6.07) is 14.3. The molecule has 38 heavy (non-hydrogen) atoms. The molecule has 0 radical (unpaired) electrons. The highest BCUT2D eigenvalue weighted by Gasteiger charge is 2.25. The van der Waals surface area contributed by atoms with Crippen molar-refractivity contribution in [1.29, 1.82) is 0 Å². The van der Waals surface area contributed by atoms with E-state index in [0.717, 1.165) is 11.3 Å². The Kier molecular flexibility index (Phi) is 8.28. The third-order valence-corrected chi connectivity index (χ3v) is 6.31. The summed E-state index contributed by atoms with van der Waals surface area (Å²) in [7, 11) is 4.37. The van der Waals surface area contributed by atoms with Crippen LogP contribution in [0.25, 0.3) is 21.9 Å². The van der Waals surface area contributed by atoms with Gasteiger partial charge < -0.3 is 28.6 Å². The number of benzene rings is 2. The molecule has 0 aliphatic carbocycles. The minimum atomic E-state index is -0.675. The second kappa shape index (κ2) is 11.8. The first-order chi connectivity index (χ1) is 18.4. The van der Waals surface area contributed by atoms with Crippen molar-refractivity contribution in [3.05, 3.63) is 82.0 Å². The van der Waals surface area contributed by atoms with Crippen LogP contribution in [0.4, 0.5) is 0 Å². The van der Waals surface area contributed by atoms with E-state index in [1.807, 2.05) is 25.1 Å². The smallest absolute Gasteiger partial charge is 0.355 e. The number of methoxy groups -OCH3 is 3. The Labute approximate surface area is 220 Å². The van der Waals surface area contributed by atoms with Crippen molar-refractivity contribution >= 4 is 16.7 Å². The van der Waals surface area contributed by atoms with Crippen LogP contribution in [0.5, 0.6) is 17.2 Å². The number of hydrogen-bond acceptors (Lipinski definition) is 8. The maximum Gasteiger partial charge on any atom is 0.355 e. The van der Waals surface area contributed by atoms with Gasteiger partial charge in [0.15, 0.2) is 0 Å². The number of ether oxygens (including phenoxy) is 4. The van der Waals surface area contributed by atoms with E-state index in [4.69, 9.17) is 18.9 Å². The van der Waals surface area contributed by atoms with Gasteiger partial charge in [0.1, 0.15) is 29.5 Å². The predicted octanol–water partition coefficient (Wildman–Crippen LogP) is 4.14. The minimum Gasteiger partial charge on any atom is -0.496 e. The molecule has 198 valence electrons. The molecular weight excluding hydrogens is 488 g/mol. The lowest BCUT2D eigenvalue weighted by molar-refractivity contribution is 0.0587. The molecule has 9 heteroatoms. The van der Waals surface area contributed by atoms with Gasteiger partial charge in [-0.25, -0.2) is 4.79 Å². The summed E-state index contributed by atoms with van der Waals surface area (Å²) in [4.78, 5) is 31.2. The van der Waals surface area contributed by atoms with Crippen LogP contribution >= 0.6 is 0 Å². The lowest BCUT2D eigenvalue weighted by Gasteiger charge is -2.20. The predicted molar refractivity (Wildman–Crippen MR) is 143 cm³/mol. The zero-order chi connectivity index (χ0) is 27.2. The fourth-order valence-electron chi connectivity index (χ4n) is 4.43. The third kappa shape index (κ3) is 5.19. The number of carbonyl (C=O) groups excluding carboxylic acids is 1. The molecule has 0 fully saturated rings. The molecule has 1 N–H and O–H groups in total. The van der Waals surface area contributed by atoms with Gasteiger partial charge in [0.05, 0.1) is 32.4 Å². The highest BCUT2D eigenvalue weighted by Crippen LogP contribution is 2.39. The molecule has 0 aliphatic rings. The Morgan fingerprint density at radius 3 is 2.34 bits per heavy atom. The highest BCUT2D eigenvalue weighted by molar-refractivity contribution is 6.07. The molecule has 2 heterocycles. The van der Waals surface area contributed by atoms with Crippen LogP contribution in [0, 0.1) is 6.92 Å². The van der Waals surface area contributed by atoms with Gasteiger partial charge in [-0.1, -0.05) is 6.07 Å². The molecule has 4 rings (SSSR count). The maximum atomic E-state index is 13.7. The highest BCUT2D eigenvalue weighted by atomic mass is 16.5. The van der Waals surface area contributed by atoms with E-state index in [2.05, 4.69) is 4.98 Å². The van der Waals surface area contributed by atoms with Crippen molar-refractivity contribution in [2.24, 2.45) is 0 Å². The molecule has 0 amide bonds. The number of esters is 1. The van der Waals surface area contributed by atoms with Gasteiger partial charge in [-0.15, -0.1) is 0 Å². The summed E-state index contributed by atoms with van der Waals surface area (Å²) in [5.41, 5.74) is 2.31. The Balaban J connectivity index is 2.00. The molecule has 0 spiro atoms. The van der Waals surface area contributed by atoms with Crippen LogP contribution in [0.15, 0.2) is 59.5 Å². The molecule has 0 aliphatic heterocycles. The molecule has 2 aromatic heterocycles. The summed E-state index contributed by atoms with van der Waals surface area (Å²) in [5.74, 6) is 0.925. The SMILES string of the molecule is COC(=O)c1c(-c2cc(OC)c(C)c(OC)c2)c2ccc(OCc3ccccn3)cc2c(=O)n1CCCO. The molecule has 4 aromatic rings. The van der Waals surface area contributed by atoms with E-state index in [1.165, 1.54) is 11.7 Å². The summed E-state index contributed by atoms with van der Waals surface area (Å²) in [5, 5.41) is 10.4. The van der Waals surface area contributed by atoms with Gasteiger partial charge in [-0.3, -0.25) is 9.78 Å². The number of aliphatic hydroxyl groups excluding tert-OH is 1. The number of aliphatic hydroxyl groups is 1.